The van der Waals surface area contributed by atoms with Crippen LogP contribution in [0.5, 0.6) is 0 Å². The van der Waals surface area contributed by atoms with Crippen LogP contribution in [0.2, 0.25) is 0 Å². The topological polar surface area (TPSA) is 103 Å². The van der Waals surface area contributed by atoms with Crippen LogP contribution in [0, 0.1) is 5.92 Å². The van der Waals surface area contributed by atoms with Crippen molar-refractivity contribution in [3.63, 3.8) is 0 Å². The summed E-state index contributed by atoms with van der Waals surface area (Å²) in [6, 6.07) is 13.8. The van der Waals surface area contributed by atoms with E-state index in [9.17, 15) is 19.2 Å². The van der Waals surface area contributed by atoms with E-state index in [0.29, 0.717) is 24.3 Å². The largest absolute Gasteiger partial charge is 0.361 e. The number of aromatic amines is 1. The Kier molecular flexibility index (Phi) is 7.08. The van der Waals surface area contributed by atoms with Crippen LogP contribution in [0.25, 0.3) is 10.9 Å². The molecule has 1 saturated heterocycles. The van der Waals surface area contributed by atoms with Gasteiger partial charge in [-0.05, 0) is 55.2 Å². The lowest BCUT2D eigenvalue weighted by atomic mass is 9.87. The van der Waals surface area contributed by atoms with Gasteiger partial charge in [-0.3, -0.25) is 19.2 Å². The van der Waals surface area contributed by atoms with Crippen molar-refractivity contribution in [2.24, 2.45) is 5.92 Å². The second-order valence-electron chi connectivity index (χ2n) is 9.99. The van der Waals surface area contributed by atoms with Gasteiger partial charge in [-0.1, -0.05) is 37.5 Å². The second kappa shape index (κ2) is 10.6. The van der Waals surface area contributed by atoms with E-state index in [4.69, 9.17) is 0 Å². The fraction of sp³-hybridized carbons (Fsp3) is 0.379. The Morgan fingerprint density at radius 2 is 1.76 bits per heavy atom. The highest BCUT2D eigenvalue weighted by molar-refractivity contribution is 6.23. The number of nitrogens with one attached hydrogen (secondary N) is 2. The van der Waals surface area contributed by atoms with E-state index in [1.165, 1.54) is 11.8 Å². The molecule has 1 aliphatic carbocycles. The van der Waals surface area contributed by atoms with Crippen molar-refractivity contribution in [1.82, 2.24) is 9.88 Å². The molecule has 1 unspecified atom stereocenters. The van der Waals surface area contributed by atoms with E-state index in [1.807, 2.05) is 30.5 Å². The van der Waals surface area contributed by atoms with Gasteiger partial charge in [-0.15, -0.1) is 0 Å². The Morgan fingerprint density at radius 3 is 2.49 bits per heavy atom. The Bertz CT molecular complexity index is 1320. The van der Waals surface area contributed by atoms with Gasteiger partial charge < -0.3 is 15.2 Å². The second-order valence-corrected chi connectivity index (χ2v) is 9.99. The zero-order chi connectivity index (χ0) is 25.9. The predicted octanol–water partition coefficient (Wildman–Crippen LogP) is 4.41. The summed E-state index contributed by atoms with van der Waals surface area (Å²) in [5, 5.41) is 3.78. The molecule has 0 radical (unpaired) electrons. The number of anilines is 2. The fourth-order valence-corrected chi connectivity index (χ4v) is 5.61. The molecule has 1 aromatic heterocycles. The lowest BCUT2D eigenvalue weighted by Crippen LogP contribution is -2.48. The number of aromatic nitrogens is 1. The van der Waals surface area contributed by atoms with Crippen molar-refractivity contribution in [3.05, 3.63) is 60.3 Å². The van der Waals surface area contributed by atoms with Gasteiger partial charge in [-0.2, -0.15) is 0 Å². The molecule has 8 heteroatoms. The molecule has 1 atom stereocenters. The standard InChI is InChI=1S/C29H32N4O4/c1-19(34)31-22-11-13-23(14-12-22)33-27(35)17-26(29(33)37)32(28(36)20-7-3-2-4-8-20)16-15-21-18-30-25-10-6-5-9-24(21)25/h5-6,9-14,18,20,26,30H,2-4,7-8,15-17H2,1H3,(H,31,34). The molecule has 4 amide bonds. The van der Waals surface area contributed by atoms with Crippen LogP contribution in [0.1, 0.15) is 51.0 Å². The van der Waals surface area contributed by atoms with E-state index in [-0.39, 0.29) is 36.0 Å². The van der Waals surface area contributed by atoms with E-state index in [1.54, 1.807) is 29.2 Å². The Morgan fingerprint density at radius 1 is 1.03 bits per heavy atom. The monoisotopic (exact) mass is 500 g/mol. The number of fused-ring (bicyclic) bond motifs is 1. The molecule has 0 bridgehead atoms. The van der Waals surface area contributed by atoms with Crippen LogP contribution in [-0.4, -0.2) is 46.1 Å². The normalized spacial score (nSPS) is 18.4. The van der Waals surface area contributed by atoms with Crippen molar-refractivity contribution in [2.45, 2.75) is 57.9 Å². The third kappa shape index (κ3) is 5.14. The number of rotatable bonds is 7. The maximum Gasteiger partial charge on any atom is 0.257 e. The average molecular weight is 501 g/mol. The zero-order valence-corrected chi connectivity index (χ0v) is 21.0. The number of carbonyl (C=O) groups excluding carboxylic acids is 4. The molecule has 2 aromatic carbocycles. The third-order valence-corrected chi connectivity index (χ3v) is 7.48. The molecule has 8 nitrogen and oxygen atoms in total. The number of H-pyrrole nitrogens is 1. The lowest BCUT2D eigenvalue weighted by molar-refractivity contribution is -0.142. The minimum Gasteiger partial charge on any atom is -0.361 e. The van der Waals surface area contributed by atoms with E-state index in [0.717, 1.165) is 48.6 Å². The average Bonchev–Trinajstić information content (AvgIpc) is 3.45. The molecule has 1 aliphatic heterocycles. The summed E-state index contributed by atoms with van der Waals surface area (Å²) in [5.74, 6) is -1.02. The number of benzene rings is 2. The lowest BCUT2D eigenvalue weighted by Gasteiger charge is -2.32. The molecule has 2 heterocycles. The number of para-hydroxylation sites is 1. The SMILES string of the molecule is CC(=O)Nc1ccc(N2C(=O)CC(N(CCc3c[nH]c4ccccc34)C(=O)C3CCCCC3)C2=O)cc1. The molecule has 2 N–H and O–H groups in total. The van der Waals surface area contributed by atoms with Gasteiger partial charge in [0.25, 0.3) is 5.91 Å². The van der Waals surface area contributed by atoms with Crippen molar-refractivity contribution >= 4 is 45.9 Å². The molecule has 2 fully saturated rings. The quantitative estimate of drug-likeness (QED) is 0.469. The van der Waals surface area contributed by atoms with Crippen LogP contribution < -0.4 is 10.2 Å². The molecular formula is C29H32N4O4. The zero-order valence-electron chi connectivity index (χ0n) is 21.0. The van der Waals surface area contributed by atoms with Gasteiger partial charge in [0.1, 0.15) is 6.04 Å². The van der Waals surface area contributed by atoms with Crippen molar-refractivity contribution in [3.8, 4) is 0 Å². The smallest absolute Gasteiger partial charge is 0.257 e. The predicted molar refractivity (Wildman–Crippen MR) is 142 cm³/mol. The van der Waals surface area contributed by atoms with Crippen LogP contribution in [-0.2, 0) is 25.6 Å². The Labute approximate surface area is 216 Å². The van der Waals surface area contributed by atoms with Crippen LogP contribution in [0.3, 0.4) is 0 Å². The summed E-state index contributed by atoms with van der Waals surface area (Å²) in [7, 11) is 0. The highest BCUT2D eigenvalue weighted by Crippen LogP contribution is 2.31. The molecule has 5 rings (SSSR count). The minimum absolute atomic E-state index is 0.0199. The third-order valence-electron chi connectivity index (χ3n) is 7.48. The summed E-state index contributed by atoms with van der Waals surface area (Å²) in [6.45, 7) is 1.79. The number of amides is 4. The van der Waals surface area contributed by atoms with Gasteiger partial charge in [-0.25, -0.2) is 4.90 Å². The molecule has 192 valence electrons. The number of nitrogens with zero attached hydrogens (tertiary/aromatic N) is 2. The number of carbonyl (C=O) groups is 4. The van der Waals surface area contributed by atoms with Gasteiger partial charge in [0.15, 0.2) is 0 Å². The van der Waals surface area contributed by atoms with Crippen molar-refractivity contribution in [2.75, 3.05) is 16.8 Å². The van der Waals surface area contributed by atoms with Crippen LogP contribution in [0.15, 0.2) is 54.7 Å². The molecule has 0 spiro atoms. The first-order valence-corrected chi connectivity index (χ1v) is 13.0. The molecule has 3 aromatic rings. The highest BCUT2D eigenvalue weighted by Gasteiger charge is 2.45. The Balaban J connectivity index is 1.39. The number of hydrogen-bond donors (Lipinski definition) is 2. The summed E-state index contributed by atoms with van der Waals surface area (Å²) in [5.41, 5.74) is 3.14. The Hall–Kier alpha value is -3.94. The summed E-state index contributed by atoms with van der Waals surface area (Å²) in [4.78, 5) is 57.9. The number of hydrogen-bond acceptors (Lipinski definition) is 4. The van der Waals surface area contributed by atoms with Crippen molar-refractivity contribution in [1.29, 1.82) is 0 Å². The van der Waals surface area contributed by atoms with Gasteiger partial charge in [0.05, 0.1) is 12.1 Å². The first kappa shape index (κ1) is 24.7. The summed E-state index contributed by atoms with van der Waals surface area (Å²) >= 11 is 0. The van der Waals surface area contributed by atoms with Gasteiger partial charge >= 0.3 is 0 Å². The maximum atomic E-state index is 13.7. The van der Waals surface area contributed by atoms with Crippen LogP contribution >= 0.6 is 0 Å². The summed E-state index contributed by atoms with van der Waals surface area (Å²) < 4.78 is 0. The van der Waals surface area contributed by atoms with Gasteiger partial charge in [0, 0.05) is 42.2 Å². The minimum atomic E-state index is -0.817. The molecule has 1 saturated carbocycles. The molecule has 37 heavy (non-hydrogen) atoms. The van der Waals surface area contributed by atoms with E-state index >= 15 is 0 Å². The number of imide groups is 1. The first-order chi connectivity index (χ1) is 17.9. The maximum absolute atomic E-state index is 13.7. The van der Waals surface area contributed by atoms with E-state index in [2.05, 4.69) is 10.3 Å². The first-order valence-electron chi connectivity index (χ1n) is 13.0. The van der Waals surface area contributed by atoms with Crippen molar-refractivity contribution < 1.29 is 19.2 Å². The van der Waals surface area contributed by atoms with Crippen LogP contribution in [0.4, 0.5) is 11.4 Å². The fourth-order valence-electron chi connectivity index (χ4n) is 5.61. The summed E-state index contributed by atoms with van der Waals surface area (Å²) in [6.07, 6.45) is 7.32. The molecule has 2 aliphatic rings. The highest BCUT2D eigenvalue weighted by atomic mass is 16.2. The van der Waals surface area contributed by atoms with Gasteiger partial charge in [0.2, 0.25) is 17.7 Å². The van der Waals surface area contributed by atoms with E-state index < -0.39 is 6.04 Å². The molecular weight excluding hydrogens is 468 g/mol.